The number of aromatic nitrogens is 2. The number of hydrogen-bond acceptors (Lipinski definition) is 1. The van der Waals surface area contributed by atoms with Gasteiger partial charge in [-0.2, -0.15) is 0 Å². The van der Waals surface area contributed by atoms with E-state index in [1.165, 1.54) is 27.2 Å². The van der Waals surface area contributed by atoms with Crippen LogP contribution in [-0.2, 0) is 5.16 Å². The molecule has 6 aromatic rings. The lowest BCUT2D eigenvalue weighted by Crippen LogP contribution is -2.46. The zero-order chi connectivity index (χ0) is 28.3. The Hall–Kier alpha value is -4.38. The van der Waals surface area contributed by atoms with Gasteiger partial charge >= 0.3 is 0 Å². The maximum atomic E-state index is 6.29. The van der Waals surface area contributed by atoms with E-state index >= 15 is 0 Å². The smallest absolute Gasteiger partial charge is 0.233 e. The molecule has 0 aliphatic carbocycles. The molecular weight excluding hydrogens is 535 g/mol. The zero-order valence-electron chi connectivity index (χ0n) is 22.9. The highest BCUT2D eigenvalue weighted by Crippen LogP contribution is 2.33. The summed E-state index contributed by atoms with van der Waals surface area (Å²) < 4.78 is 2.25. The Morgan fingerprint density at radius 1 is 0.683 bits per heavy atom. The van der Waals surface area contributed by atoms with Crippen molar-refractivity contribution in [3.63, 3.8) is 0 Å². The Kier molecular flexibility index (Phi) is 9.48. The highest BCUT2D eigenvalue weighted by Gasteiger charge is 2.36. The van der Waals surface area contributed by atoms with Crippen molar-refractivity contribution in [3.05, 3.63) is 193 Å². The fourth-order valence-electron chi connectivity index (χ4n) is 5.40. The van der Waals surface area contributed by atoms with Crippen molar-refractivity contribution in [1.82, 2.24) is 9.55 Å². The molecule has 0 fully saturated rings. The van der Waals surface area contributed by atoms with E-state index < -0.39 is 9.52 Å². The van der Waals surface area contributed by atoms with Gasteiger partial charge in [-0.3, -0.25) is 0 Å². The van der Waals surface area contributed by atoms with E-state index in [1.54, 1.807) is 0 Å². The Morgan fingerprint density at radius 3 is 1.63 bits per heavy atom. The van der Waals surface area contributed by atoms with Crippen LogP contribution in [0.4, 0.5) is 0 Å². The van der Waals surface area contributed by atoms with Gasteiger partial charge < -0.3 is 4.57 Å². The summed E-state index contributed by atoms with van der Waals surface area (Å²) in [6.45, 7) is 4.21. The topological polar surface area (TPSA) is 17.8 Å². The Labute approximate surface area is 250 Å². The lowest BCUT2D eigenvalue weighted by molar-refractivity contribution is 0.596. The number of rotatable bonds is 8. The first-order valence-corrected chi connectivity index (χ1v) is 15.6. The van der Waals surface area contributed by atoms with Crippen LogP contribution >= 0.6 is 11.6 Å². The minimum absolute atomic E-state index is 0.260. The zero-order valence-corrected chi connectivity index (χ0v) is 25.1. The fourth-order valence-corrected chi connectivity index (χ4v) is 8.16. The molecule has 1 aromatic heterocycles. The Bertz CT molecular complexity index is 1550. The number of imidazole rings is 1. The summed E-state index contributed by atoms with van der Waals surface area (Å²) >= 11 is 6.29. The lowest BCUT2D eigenvalue weighted by atomic mass is 9.41. The first kappa shape index (κ1) is 28.2. The lowest BCUT2D eigenvalue weighted by Gasteiger charge is -2.37. The molecule has 0 aliphatic rings. The van der Waals surface area contributed by atoms with Gasteiger partial charge in [0.25, 0.3) is 0 Å². The molecule has 5 heteroatoms. The van der Waals surface area contributed by atoms with Crippen molar-refractivity contribution < 1.29 is 0 Å². The van der Waals surface area contributed by atoms with Gasteiger partial charge in [-0.25, -0.2) is 4.98 Å². The van der Waals surface area contributed by atoms with E-state index in [0.29, 0.717) is 6.71 Å². The molecule has 6 rings (SSSR count). The highest BCUT2D eigenvalue weighted by molar-refractivity contribution is 6.89. The van der Waals surface area contributed by atoms with E-state index in [9.17, 15) is 0 Å². The summed E-state index contributed by atoms with van der Waals surface area (Å²) in [6, 6.07) is 50.6. The van der Waals surface area contributed by atoms with E-state index in [-0.39, 0.29) is 5.16 Å². The molecule has 0 aliphatic heterocycles. The summed E-state index contributed by atoms with van der Waals surface area (Å²) in [5, 5.41) is 1.85. The van der Waals surface area contributed by atoms with E-state index in [2.05, 4.69) is 144 Å². The molecule has 0 atom stereocenters. The molecule has 2 nitrogen and oxygen atoms in total. The van der Waals surface area contributed by atoms with Crippen molar-refractivity contribution in [2.75, 3.05) is 0 Å². The van der Waals surface area contributed by atoms with Crippen LogP contribution in [0.5, 0.6) is 0 Å². The third kappa shape index (κ3) is 6.68. The van der Waals surface area contributed by atoms with Crippen LogP contribution in [0.15, 0.2) is 177 Å². The molecule has 41 heavy (non-hydrogen) atoms. The summed E-state index contributed by atoms with van der Waals surface area (Å²) in [6.07, 6.45) is 5.85. The minimum Gasteiger partial charge on any atom is -0.326 e. The average Bonchev–Trinajstić information content (AvgIpc) is 3.58. The molecule has 1 heterocycles. The molecule has 0 bridgehead atoms. The molecular formula is C36H32BClN2Si. The molecule has 0 saturated carbocycles. The molecule has 0 unspecified atom stereocenters. The maximum Gasteiger partial charge on any atom is 0.233 e. The number of benzene rings is 5. The number of hydrogen-bond donors (Lipinski definition) is 0. The van der Waals surface area contributed by atoms with Gasteiger partial charge in [0.2, 0.25) is 6.71 Å². The second kappa shape index (κ2) is 13.8. The largest absolute Gasteiger partial charge is 0.326 e. The normalized spacial score (nSPS) is 11.0. The van der Waals surface area contributed by atoms with Crippen molar-refractivity contribution in [3.8, 4) is 0 Å². The number of nitrogens with zero attached hydrogens (tertiary/aromatic N) is 2. The standard InChI is InChI=1S/C22H19ClN2Si.C14H13B/c23-20-12-7-13-21(16-20)26-22(25-15-14-24-17-25,18-8-3-1-4-9-18)19-10-5-2-6-11-19;1-2-15(13-9-5-3-6-10-13)14-11-7-4-8-12-14/h1-17H,26H2;2-12H,1H2. The fraction of sp³-hybridized carbons (Fsp3) is 0.0278. The average molecular weight is 567 g/mol. The molecule has 0 radical (unpaired) electrons. The van der Waals surface area contributed by atoms with Gasteiger partial charge in [-0.1, -0.05) is 161 Å². The van der Waals surface area contributed by atoms with Gasteiger partial charge in [-0.05, 0) is 23.3 Å². The highest BCUT2D eigenvalue weighted by atomic mass is 35.5. The summed E-state index contributed by atoms with van der Waals surface area (Å²) in [7, 11) is -0.853. The van der Waals surface area contributed by atoms with Crippen LogP contribution in [0, 0.1) is 0 Å². The molecule has 200 valence electrons. The predicted octanol–water partition coefficient (Wildman–Crippen LogP) is 5.80. The first-order chi connectivity index (χ1) is 20.2. The van der Waals surface area contributed by atoms with E-state index in [4.69, 9.17) is 11.6 Å². The van der Waals surface area contributed by atoms with Gasteiger partial charge in [0.05, 0.1) is 21.0 Å². The van der Waals surface area contributed by atoms with Crippen molar-refractivity contribution in [1.29, 1.82) is 0 Å². The third-order valence-corrected chi connectivity index (χ3v) is 10.1. The monoisotopic (exact) mass is 566 g/mol. The SMILES string of the molecule is C=CB(c1ccccc1)c1ccccc1.Clc1cccc([SiH2]C(c2ccccc2)(c2ccccc2)n2ccnc2)c1. The molecule has 5 aromatic carbocycles. The van der Waals surface area contributed by atoms with Gasteiger partial charge in [-0.15, -0.1) is 12.6 Å². The van der Waals surface area contributed by atoms with Gasteiger partial charge in [0, 0.05) is 17.4 Å². The van der Waals surface area contributed by atoms with Crippen LogP contribution in [0.1, 0.15) is 11.1 Å². The van der Waals surface area contributed by atoms with Crippen molar-refractivity contribution >= 4 is 43.9 Å². The van der Waals surface area contributed by atoms with E-state index in [0.717, 1.165) is 5.02 Å². The maximum absolute atomic E-state index is 6.29. The Morgan fingerprint density at radius 2 is 1.20 bits per heavy atom. The Balaban J connectivity index is 0.000000191. The third-order valence-electron chi connectivity index (χ3n) is 7.35. The second-order valence-electron chi connectivity index (χ2n) is 9.90. The predicted molar refractivity (Wildman–Crippen MR) is 179 cm³/mol. The van der Waals surface area contributed by atoms with Gasteiger partial charge in [0.15, 0.2) is 0 Å². The quantitative estimate of drug-likeness (QED) is 0.213. The van der Waals surface area contributed by atoms with Crippen LogP contribution in [0.2, 0.25) is 5.02 Å². The summed E-state index contributed by atoms with van der Waals surface area (Å²) in [4.78, 5) is 4.36. The van der Waals surface area contributed by atoms with Crippen LogP contribution in [0.25, 0.3) is 0 Å². The molecule has 0 saturated heterocycles. The second-order valence-corrected chi connectivity index (χ2v) is 12.5. The summed E-state index contributed by atoms with van der Waals surface area (Å²) in [5.74, 6) is 1.99. The van der Waals surface area contributed by atoms with Crippen LogP contribution < -0.4 is 16.1 Å². The first-order valence-electron chi connectivity index (χ1n) is 13.8. The van der Waals surface area contributed by atoms with Crippen molar-refractivity contribution in [2.24, 2.45) is 0 Å². The molecule has 0 amide bonds. The van der Waals surface area contributed by atoms with Gasteiger partial charge in [0.1, 0.15) is 0 Å². The molecule has 0 spiro atoms. The van der Waals surface area contributed by atoms with Crippen LogP contribution in [-0.4, -0.2) is 25.8 Å². The van der Waals surface area contributed by atoms with E-state index in [1.807, 2.05) is 42.8 Å². The van der Waals surface area contributed by atoms with Crippen molar-refractivity contribution in [2.45, 2.75) is 5.16 Å². The number of halogens is 1. The molecule has 0 N–H and O–H groups in total. The summed E-state index contributed by atoms with van der Waals surface area (Å²) in [5.41, 5.74) is 5.13. The minimum atomic E-state index is -0.853. The van der Waals surface area contributed by atoms with Crippen LogP contribution in [0.3, 0.4) is 0 Å².